The van der Waals surface area contributed by atoms with Gasteiger partial charge < -0.3 is 9.47 Å². The smallest absolute Gasteiger partial charge is 0.343 e. The molecule has 5 rings (SSSR count). The number of ketones is 1. The van der Waals surface area contributed by atoms with Crippen molar-refractivity contribution in [2.75, 3.05) is 0 Å². The van der Waals surface area contributed by atoms with Crippen LogP contribution in [0.4, 0.5) is 0 Å². The number of halogens is 2. The number of ether oxygens (including phenoxy) is 2. The highest BCUT2D eigenvalue weighted by Gasteiger charge is 2.20. The Morgan fingerprint density at radius 1 is 0.561 bits per heavy atom. The fraction of sp³-hybridized carbons (Fsp3) is 0.0882. The third kappa shape index (κ3) is 7.40. The average molecular weight is 583 g/mol. The van der Waals surface area contributed by atoms with Crippen LogP contribution in [0.1, 0.15) is 51.1 Å². The maximum atomic E-state index is 13.2. The standard InChI is InChI=1S/C34H24Cl2O5/c35-28-12-8-24(9-13-28)33(38)40-30-16-4-22(5-17-30)20-26-2-1-3-27(32(26)37)21-23-6-18-31(19-7-23)41-34(39)25-10-14-29(36)15-11-25/h4-21H,1-3H2. The lowest BCUT2D eigenvalue weighted by Gasteiger charge is -2.16. The first kappa shape index (κ1) is 28.1. The summed E-state index contributed by atoms with van der Waals surface area (Å²) in [5, 5.41) is 1.08. The zero-order valence-electron chi connectivity index (χ0n) is 21.8. The Bertz CT molecular complexity index is 1510. The number of hydrogen-bond acceptors (Lipinski definition) is 5. The number of Topliss-reactive ketones (excluding diaryl/α,β-unsaturated/α-hetero) is 1. The second kappa shape index (κ2) is 12.8. The maximum absolute atomic E-state index is 13.2. The van der Waals surface area contributed by atoms with Gasteiger partial charge in [-0.3, -0.25) is 4.79 Å². The molecule has 1 aliphatic carbocycles. The van der Waals surface area contributed by atoms with Gasteiger partial charge in [0.1, 0.15) is 11.5 Å². The van der Waals surface area contributed by atoms with Crippen molar-refractivity contribution >= 4 is 53.1 Å². The van der Waals surface area contributed by atoms with Gasteiger partial charge >= 0.3 is 11.9 Å². The van der Waals surface area contributed by atoms with Crippen LogP contribution in [0, 0.1) is 0 Å². The quantitative estimate of drug-likeness (QED) is 0.129. The molecular weight excluding hydrogens is 559 g/mol. The van der Waals surface area contributed by atoms with E-state index in [4.69, 9.17) is 32.7 Å². The molecule has 4 aromatic carbocycles. The molecule has 1 aliphatic rings. The Kier molecular flexibility index (Phi) is 8.78. The van der Waals surface area contributed by atoms with Gasteiger partial charge in [-0.15, -0.1) is 0 Å². The molecule has 0 spiro atoms. The summed E-state index contributed by atoms with van der Waals surface area (Å²) >= 11 is 11.7. The van der Waals surface area contributed by atoms with Gasteiger partial charge in [0.15, 0.2) is 5.78 Å². The van der Waals surface area contributed by atoms with Crippen molar-refractivity contribution in [2.24, 2.45) is 0 Å². The lowest BCUT2D eigenvalue weighted by atomic mass is 9.87. The summed E-state index contributed by atoms with van der Waals surface area (Å²) in [6.07, 6.45) is 5.97. The molecule has 1 saturated carbocycles. The monoisotopic (exact) mass is 582 g/mol. The molecular formula is C34H24Cl2O5. The van der Waals surface area contributed by atoms with Crippen molar-refractivity contribution in [1.82, 2.24) is 0 Å². The highest BCUT2D eigenvalue weighted by atomic mass is 35.5. The maximum Gasteiger partial charge on any atom is 0.343 e. The number of benzene rings is 4. The molecule has 0 amide bonds. The third-order valence-electron chi connectivity index (χ3n) is 6.50. The van der Waals surface area contributed by atoms with Crippen LogP contribution in [-0.2, 0) is 4.79 Å². The number of carbonyl (C=O) groups is 3. The van der Waals surface area contributed by atoms with E-state index in [1.807, 2.05) is 36.4 Å². The first-order chi connectivity index (χ1) is 19.8. The van der Waals surface area contributed by atoms with Crippen LogP contribution >= 0.6 is 23.2 Å². The minimum atomic E-state index is -0.474. The number of rotatable bonds is 6. The van der Waals surface area contributed by atoms with E-state index in [1.54, 1.807) is 72.8 Å². The minimum absolute atomic E-state index is 0.00716. The van der Waals surface area contributed by atoms with E-state index in [0.717, 1.165) is 28.7 Å². The van der Waals surface area contributed by atoms with Crippen molar-refractivity contribution in [1.29, 1.82) is 0 Å². The number of hydrogen-bond donors (Lipinski definition) is 0. The Balaban J connectivity index is 1.22. The normalized spacial score (nSPS) is 15.1. The molecule has 0 unspecified atom stereocenters. The summed E-state index contributed by atoms with van der Waals surface area (Å²) in [6.45, 7) is 0. The molecule has 0 bridgehead atoms. The van der Waals surface area contributed by atoms with Crippen molar-refractivity contribution in [3.8, 4) is 11.5 Å². The molecule has 1 fully saturated rings. The minimum Gasteiger partial charge on any atom is -0.423 e. The molecule has 0 heterocycles. The second-order valence-electron chi connectivity index (χ2n) is 9.45. The summed E-state index contributed by atoms with van der Waals surface area (Å²) in [4.78, 5) is 37.9. The Morgan fingerprint density at radius 2 is 0.927 bits per heavy atom. The van der Waals surface area contributed by atoms with E-state index in [-0.39, 0.29) is 5.78 Å². The molecule has 5 nitrogen and oxygen atoms in total. The molecule has 4 aromatic rings. The van der Waals surface area contributed by atoms with E-state index in [2.05, 4.69) is 0 Å². The van der Waals surface area contributed by atoms with E-state index in [1.165, 1.54) is 0 Å². The van der Waals surface area contributed by atoms with Crippen LogP contribution in [0.3, 0.4) is 0 Å². The molecule has 0 N–H and O–H groups in total. The first-order valence-electron chi connectivity index (χ1n) is 13.0. The van der Waals surface area contributed by atoms with Crippen molar-refractivity contribution < 1.29 is 23.9 Å². The summed E-state index contributed by atoms with van der Waals surface area (Å²) in [7, 11) is 0. The van der Waals surface area contributed by atoms with Gasteiger partial charge in [0.2, 0.25) is 0 Å². The molecule has 41 heavy (non-hydrogen) atoms. The van der Waals surface area contributed by atoms with Gasteiger partial charge in [0, 0.05) is 21.2 Å². The van der Waals surface area contributed by atoms with Gasteiger partial charge in [-0.05, 0) is 115 Å². The van der Waals surface area contributed by atoms with Crippen LogP contribution in [0.25, 0.3) is 12.2 Å². The van der Waals surface area contributed by atoms with Crippen LogP contribution < -0.4 is 9.47 Å². The zero-order valence-corrected chi connectivity index (χ0v) is 23.3. The third-order valence-corrected chi connectivity index (χ3v) is 7.00. The summed E-state index contributed by atoms with van der Waals surface area (Å²) < 4.78 is 10.9. The van der Waals surface area contributed by atoms with E-state index in [0.29, 0.717) is 45.5 Å². The van der Waals surface area contributed by atoms with Gasteiger partial charge in [-0.1, -0.05) is 47.5 Å². The van der Waals surface area contributed by atoms with Gasteiger partial charge in [0.25, 0.3) is 0 Å². The van der Waals surface area contributed by atoms with Gasteiger partial charge in [0.05, 0.1) is 11.1 Å². The van der Waals surface area contributed by atoms with Crippen LogP contribution in [-0.4, -0.2) is 17.7 Å². The number of carbonyl (C=O) groups excluding carboxylic acids is 3. The zero-order chi connectivity index (χ0) is 28.8. The highest BCUT2D eigenvalue weighted by molar-refractivity contribution is 6.31. The molecule has 204 valence electrons. The van der Waals surface area contributed by atoms with Crippen LogP contribution in [0.15, 0.2) is 108 Å². The fourth-order valence-electron chi connectivity index (χ4n) is 4.35. The topological polar surface area (TPSA) is 69.7 Å². The SMILES string of the molecule is O=C1C(=Cc2ccc(OC(=O)c3ccc(Cl)cc3)cc2)CCCC1=Cc1ccc(OC(=O)c2ccc(Cl)cc2)cc1. The molecule has 0 atom stereocenters. The first-order valence-corrected chi connectivity index (χ1v) is 13.7. The summed E-state index contributed by atoms with van der Waals surface area (Å²) in [5.74, 6) is -0.127. The molecule has 0 aromatic heterocycles. The lowest BCUT2D eigenvalue weighted by Crippen LogP contribution is -2.12. The summed E-state index contributed by atoms with van der Waals surface area (Å²) in [6, 6.07) is 27.0. The number of esters is 2. The molecule has 0 radical (unpaired) electrons. The van der Waals surface area contributed by atoms with Gasteiger partial charge in [-0.25, -0.2) is 9.59 Å². The Labute approximate surface area is 247 Å². The van der Waals surface area contributed by atoms with Crippen molar-refractivity contribution in [3.63, 3.8) is 0 Å². The summed E-state index contributed by atoms with van der Waals surface area (Å²) in [5.41, 5.74) is 3.94. The molecule has 0 aliphatic heterocycles. The molecule has 0 saturated heterocycles. The van der Waals surface area contributed by atoms with Crippen molar-refractivity contribution in [3.05, 3.63) is 141 Å². The van der Waals surface area contributed by atoms with Gasteiger partial charge in [-0.2, -0.15) is 0 Å². The Morgan fingerprint density at radius 3 is 1.29 bits per heavy atom. The number of allylic oxidation sites excluding steroid dienone is 2. The Hall–Kier alpha value is -4.45. The van der Waals surface area contributed by atoms with Crippen LogP contribution in [0.5, 0.6) is 11.5 Å². The van der Waals surface area contributed by atoms with Crippen LogP contribution in [0.2, 0.25) is 10.0 Å². The van der Waals surface area contributed by atoms with E-state index in [9.17, 15) is 14.4 Å². The predicted molar refractivity (Wildman–Crippen MR) is 161 cm³/mol. The fourth-order valence-corrected chi connectivity index (χ4v) is 4.60. The predicted octanol–water partition coefficient (Wildman–Crippen LogP) is 8.65. The van der Waals surface area contributed by atoms with Crippen molar-refractivity contribution in [2.45, 2.75) is 19.3 Å². The van der Waals surface area contributed by atoms with E-state index < -0.39 is 11.9 Å². The van der Waals surface area contributed by atoms with E-state index >= 15 is 0 Å². The average Bonchev–Trinajstić information content (AvgIpc) is 2.98. The molecule has 7 heteroatoms. The lowest BCUT2D eigenvalue weighted by molar-refractivity contribution is -0.112. The largest absolute Gasteiger partial charge is 0.423 e. The highest BCUT2D eigenvalue weighted by Crippen LogP contribution is 2.29. The second-order valence-corrected chi connectivity index (χ2v) is 10.3.